The molecule has 0 aliphatic carbocycles. The summed E-state index contributed by atoms with van der Waals surface area (Å²) < 4.78 is 1.20. The zero-order valence-corrected chi connectivity index (χ0v) is 15.9. The van der Waals surface area contributed by atoms with E-state index >= 15 is 0 Å². The Balaban J connectivity index is 1.73. The van der Waals surface area contributed by atoms with Gasteiger partial charge < -0.3 is 10.2 Å². The number of carbonyl (C=O) groups excluding carboxylic acids is 1. The second-order valence-electron chi connectivity index (χ2n) is 6.96. The van der Waals surface area contributed by atoms with E-state index in [0.717, 1.165) is 43.9 Å². The molecular formula is C22H24N2OS. The Kier molecular flexibility index (Phi) is 5.05. The lowest BCUT2D eigenvalue weighted by Gasteiger charge is -2.20. The molecule has 1 aromatic heterocycles. The average Bonchev–Trinajstić information content (AvgIpc) is 2.83. The predicted molar refractivity (Wildman–Crippen MR) is 109 cm³/mol. The molecule has 1 fully saturated rings. The summed E-state index contributed by atoms with van der Waals surface area (Å²) in [5.41, 5.74) is 3.69. The third-order valence-electron chi connectivity index (χ3n) is 5.02. The van der Waals surface area contributed by atoms with Crippen molar-refractivity contribution < 1.29 is 4.79 Å². The highest BCUT2D eigenvalue weighted by Crippen LogP contribution is 2.34. The van der Waals surface area contributed by atoms with Gasteiger partial charge >= 0.3 is 0 Å². The Morgan fingerprint density at radius 3 is 2.73 bits per heavy atom. The first-order valence-electron chi connectivity index (χ1n) is 9.28. The predicted octanol–water partition coefficient (Wildman–Crippen LogP) is 4.24. The maximum absolute atomic E-state index is 13.3. The van der Waals surface area contributed by atoms with E-state index in [4.69, 9.17) is 0 Å². The normalized spacial score (nSPS) is 15.2. The lowest BCUT2D eigenvalue weighted by Crippen LogP contribution is -2.34. The molecule has 0 bridgehead atoms. The minimum absolute atomic E-state index is 0.192. The highest BCUT2D eigenvalue weighted by molar-refractivity contribution is 7.21. The average molecular weight is 365 g/mol. The fourth-order valence-corrected chi connectivity index (χ4v) is 4.74. The largest absolute Gasteiger partial charge is 0.337 e. The summed E-state index contributed by atoms with van der Waals surface area (Å²) in [6.07, 6.45) is 1.82. The van der Waals surface area contributed by atoms with Crippen molar-refractivity contribution in [3.05, 3.63) is 70.1 Å². The number of amides is 1. The smallest absolute Gasteiger partial charge is 0.264 e. The molecule has 4 heteroatoms. The van der Waals surface area contributed by atoms with Gasteiger partial charge in [-0.15, -0.1) is 11.3 Å². The molecule has 2 heterocycles. The number of hydrogen-bond acceptors (Lipinski definition) is 3. The van der Waals surface area contributed by atoms with Gasteiger partial charge in [0.25, 0.3) is 5.91 Å². The fourth-order valence-electron chi connectivity index (χ4n) is 3.55. The van der Waals surface area contributed by atoms with Gasteiger partial charge in [0.1, 0.15) is 0 Å². The van der Waals surface area contributed by atoms with Gasteiger partial charge in [-0.05, 0) is 48.9 Å². The van der Waals surface area contributed by atoms with Gasteiger partial charge in [0.15, 0.2) is 0 Å². The highest BCUT2D eigenvalue weighted by atomic mass is 32.1. The quantitative estimate of drug-likeness (QED) is 0.754. The number of benzene rings is 2. The molecule has 134 valence electrons. The summed E-state index contributed by atoms with van der Waals surface area (Å²) in [6, 6.07) is 17.0. The van der Waals surface area contributed by atoms with Crippen molar-refractivity contribution >= 4 is 27.3 Å². The minimum Gasteiger partial charge on any atom is -0.337 e. The molecular weight excluding hydrogens is 340 g/mol. The van der Waals surface area contributed by atoms with E-state index in [0.29, 0.717) is 0 Å². The molecule has 0 radical (unpaired) electrons. The van der Waals surface area contributed by atoms with Gasteiger partial charge in [0.2, 0.25) is 0 Å². The van der Waals surface area contributed by atoms with Gasteiger partial charge in [0, 0.05) is 24.3 Å². The van der Waals surface area contributed by atoms with Gasteiger partial charge in [-0.3, -0.25) is 4.79 Å². The van der Waals surface area contributed by atoms with Crippen molar-refractivity contribution in [3.8, 4) is 0 Å². The molecule has 1 aliphatic heterocycles. The van der Waals surface area contributed by atoms with E-state index in [1.54, 1.807) is 11.3 Å². The van der Waals surface area contributed by atoms with Crippen LogP contribution in [0.1, 0.15) is 32.8 Å². The maximum Gasteiger partial charge on any atom is 0.264 e. The number of aryl methyl sites for hydroxylation is 1. The molecule has 4 rings (SSSR count). The minimum atomic E-state index is 0.192. The van der Waals surface area contributed by atoms with Crippen LogP contribution in [0.15, 0.2) is 48.5 Å². The zero-order valence-electron chi connectivity index (χ0n) is 15.1. The SMILES string of the molecule is Cc1ccc(Cc2c(C(=O)N3CCCNCC3)sc3ccccc23)cc1. The van der Waals surface area contributed by atoms with Crippen LogP contribution in [0, 0.1) is 6.92 Å². The lowest BCUT2D eigenvalue weighted by molar-refractivity contribution is 0.0770. The van der Waals surface area contributed by atoms with E-state index in [2.05, 4.69) is 60.8 Å². The summed E-state index contributed by atoms with van der Waals surface area (Å²) in [4.78, 5) is 16.2. The summed E-state index contributed by atoms with van der Waals surface area (Å²) >= 11 is 1.64. The van der Waals surface area contributed by atoms with E-state index in [9.17, 15) is 4.79 Å². The second-order valence-corrected chi connectivity index (χ2v) is 8.02. The van der Waals surface area contributed by atoms with Crippen LogP contribution >= 0.6 is 11.3 Å². The standard InChI is InChI=1S/C22H24N2OS/c1-16-7-9-17(10-8-16)15-19-18-5-2-3-6-20(18)26-21(19)22(25)24-13-4-11-23-12-14-24/h2-3,5-10,23H,4,11-15H2,1H3. The summed E-state index contributed by atoms with van der Waals surface area (Å²) in [5.74, 6) is 0.192. The first-order chi connectivity index (χ1) is 12.7. The van der Waals surface area contributed by atoms with Crippen LogP contribution in [0.25, 0.3) is 10.1 Å². The van der Waals surface area contributed by atoms with Gasteiger partial charge in [-0.25, -0.2) is 0 Å². The van der Waals surface area contributed by atoms with Crippen LogP contribution in [-0.4, -0.2) is 37.0 Å². The van der Waals surface area contributed by atoms with E-state index in [1.807, 2.05) is 4.90 Å². The van der Waals surface area contributed by atoms with Crippen molar-refractivity contribution in [1.29, 1.82) is 0 Å². The first kappa shape index (κ1) is 17.3. The van der Waals surface area contributed by atoms with Crippen LogP contribution in [0.2, 0.25) is 0 Å². The molecule has 0 unspecified atom stereocenters. The van der Waals surface area contributed by atoms with Crippen LogP contribution in [0.3, 0.4) is 0 Å². The van der Waals surface area contributed by atoms with Crippen molar-refractivity contribution in [2.24, 2.45) is 0 Å². The van der Waals surface area contributed by atoms with Crippen molar-refractivity contribution in [3.63, 3.8) is 0 Å². The first-order valence-corrected chi connectivity index (χ1v) is 10.1. The monoisotopic (exact) mass is 364 g/mol. The van der Waals surface area contributed by atoms with E-state index < -0.39 is 0 Å². The molecule has 1 saturated heterocycles. The number of thiophene rings is 1. The number of nitrogens with zero attached hydrogens (tertiary/aromatic N) is 1. The van der Waals surface area contributed by atoms with Crippen molar-refractivity contribution in [2.45, 2.75) is 19.8 Å². The Hall–Kier alpha value is -2.17. The topological polar surface area (TPSA) is 32.3 Å². The number of fused-ring (bicyclic) bond motifs is 1. The van der Waals surface area contributed by atoms with Crippen LogP contribution in [-0.2, 0) is 6.42 Å². The molecule has 1 amide bonds. The zero-order chi connectivity index (χ0) is 17.9. The summed E-state index contributed by atoms with van der Waals surface area (Å²) in [6.45, 7) is 5.60. The lowest BCUT2D eigenvalue weighted by atomic mass is 10.0. The van der Waals surface area contributed by atoms with Crippen molar-refractivity contribution in [1.82, 2.24) is 10.2 Å². The van der Waals surface area contributed by atoms with Crippen molar-refractivity contribution in [2.75, 3.05) is 26.2 Å². The van der Waals surface area contributed by atoms with Gasteiger partial charge in [-0.1, -0.05) is 48.0 Å². The maximum atomic E-state index is 13.3. The molecule has 3 nitrogen and oxygen atoms in total. The molecule has 26 heavy (non-hydrogen) atoms. The van der Waals surface area contributed by atoms with Crippen LogP contribution in [0.5, 0.6) is 0 Å². The number of hydrogen-bond donors (Lipinski definition) is 1. The number of carbonyl (C=O) groups is 1. The molecule has 1 aliphatic rings. The van der Waals surface area contributed by atoms with Crippen LogP contribution < -0.4 is 5.32 Å². The van der Waals surface area contributed by atoms with E-state index in [1.165, 1.54) is 26.8 Å². The molecule has 0 atom stereocenters. The number of nitrogens with one attached hydrogen (secondary N) is 1. The molecule has 0 spiro atoms. The summed E-state index contributed by atoms with van der Waals surface area (Å²) in [7, 11) is 0. The van der Waals surface area contributed by atoms with Gasteiger partial charge in [-0.2, -0.15) is 0 Å². The number of rotatable bonds is 3. The van der Waals surface area contributed by atoms with E-state index in [-0.39, 0.29) is 5.91 Å². The Labute approximate surface area is 158 Å². The molecule has 1 N–H and O–H groups in total. The fraction of sp³-hybridized carbons (Fsp3) is 0.318. The Bertz CT molecular complexity index is 906. The van der Waals surface area contributed by atoms with Crippen LogP contribution in [0.4, 0.5) is 0 Å². The molecule has 0 saturated carbocycles. The molecule has 3 aromatic rings. The Morgan fingerprint density at radius 1 is 1.08 bits per heavy atom. The summed E-state index contributed by atoms with van der Waals surface area (Å²) in [5, 5.41) is 4.60. The third-order valence-corrected chi connectivity index (χ3v) is 6.22. The Morgan fingerprint density at radius 2 is 1.88 bits per heavy atom. The van der Waals surface area contributed by atoms with Gasteiger partial charge in [0.05, 0.1) is 4.88 Å². The molecule has 2 aromatic carbocycles. The third kappa shape index (κ3) is 3.53. The second kappa shape index (κ2) is 7.60. The highest BCUT2D eigenvalue weighted by Gasteiger charge is 2.23.